The molecule has 8 N–H and O–H groups in total. The van der Waals surface area contributed by atoms with E-state index < -0.39 is 207 Å². The van der Waals surface area contributed by atoms with E-state index in [2.05, 4.69) is 47.4 Å². The quantitative estimate of drug-likeness (QED) is 0.0228. The van der Waals surface area contributed by atoms with Crippen LogP contribution in [-0.4, -0.2) is 296 Å². The highest BCUT2D eigenvalue weighted by Gasteiger charge is 2.55. The van der Waals surface area contributed by atoms with Gasteiger partial charge in [0.1, 0.15) is 56.3 Å². The van der Waals surface area contributed by atoms with Crippen molar-refractivity contribution >= 4 is 113 Å². The molecule has 0 aliphatic carbocycles. The maximum atomic E-state index is 15.3. The summed E-state index contributed by atoms with van der Waals surface area (Å²) in [6.07, 6.45) is -14.8. The molecule has 0 aromatic heterocycles. The first-order chi connectivity index (χ1) is 63.8. The van der Waals surface area contributed by atoms with Crippen molar-refractivity contribution in [2.45, 2.75) is 265 Å². The first-order valence-electron chi connectivity index (χ1n) is 44.5. The predicted molar refractivity (Wildman–Crippen MR) is 470 cm³/mol. The summed E-state index contributed by atoms with van der Waals surface area (Å²) in [5.74, 6) is -10.9. The molecule has 3 aromatic rings. The minimum Gasteiger partial charge on any atom is -0.463 e. The molecule has 0 bridgehead atoms. The molecule has 3 aromatic carbocycles. The molecule has 740 valence electrons. The number of hydrogen-bond donors (Lipinski definition) is 8. The van der Waals surface area contributed by atoms with Crippen LogP contribution in [0.15, 0.2) is 84.9 Å². The summed E-state index contributed by atoms with van der Waals surface area (Å²) in [6.45, 7) is 13.1. The molecular formula is C91H128N10O33. The lowest BCUT2D eigenvalue weighted by Gasteiger charge is -2.44. The van der Waals surface area contributed by atoms with Crippen molar-refractivity contribution in [2.24, 2.45) is 0 Å². The number of amides is 9. The predicted octanol–water partition coefficient (Wildman–Crippen LogP) is 2.40. The number of hydrogen-bond acceptors (Lipinski definition) is 34. The zero-order valence-corrected chi connectivity index (χ0v) is 77.8. The van der Waals surface area contributed by atoms with E-state index in [-0.39, 0.29) is 147 Å². The van der Waals surface area contributed by atoms with Crippen molar-refractivity contribution in [2.75, 3.05) is 96.9 Å². The third-order valence-electron chi connectivity index (χ3n) is 20.7. The monoisotopic (exact) mass is 1890 g/mol. The number of carbonyl (C=O) groups excluding carboxylic acids is 18. The van der Waals surface area contributed by atoms with Crippen LogP contribution in [0, 0.1) is 0 Å². The second-order valence-electron chi connectivity index (χ2n) is 31.8. The van der Waals surface area contributed by atoms with Crippen LogP contribution in [0.4, 0.5) is 5.69 Å². The van der Waals surface area contributed by atoms with Gasteiger partial charge in [-0.2, -0.15) is 0 Å². The number of nitrogens with one attached hydrogen (secondary N) is 8. The van der Waals surface area contributed by atoms with E-state index in [0.717, 1.165) is 84.7 Å². The molecule has 16 atom stereocenters. The molecule has 3 heterocycles. The van der Waals surface area contributed by atoms with Crippen LogP contribution < -0.4 is 47.4 Å². The molecule has 0 saturated carbocycles. The molecule has 43 heteroatoms. The minimum atomic E-state index is -1.41. The average Bonchev–Trinajstić information content (AvgIpc) is 0.790. The fourth-order valence-corrected chi connectivity index (χ4v) is 15.0. The smallest absolute Gasteiger partial charge is 0.303 e. The van der Waals surface area contributed by atoms with Crippen molar-refractivity contribution in [3.63, 3.8) is 0 Å². The zero-order chi connectivity index (χ0) is 98.3. The highest BCUT2D eigenvalue weighted by Crippen LogP contribution is 2.35. The minimum absolute atomic E-state index is 0.0175. The maximum absolute atomic E-state index is 15.3. The van der Waals surface area contributed by atoms with Crippen molar-refractivity contribution in [3.8, 4) is 11.1 Å². The molecule has 134 heavy (non-hydrogen) atoms. The number of rotatable bonds is 55. The summed E-state index contributed by atoms with van der Waals surface area (Å²) >= 11 is 0. The molecule has 3 aliphatic heterocycles. The standard InChI is InChI=1S/C91H128N10O33/c1-54(102)97-80-86(129-63(10)111)83(126-60(7)108)71(51-123-57(4)105)132-89(80)120-47-23-34-76(116)92-41-22-35-79(119)101(45-25-43-96-75(115)33-21-40-94-78(118)38-49-122-91-82(99-56(3)104)88(131-65(12)113)85(128-62(9)110)73(134-91)53-125-59(6)107)70(68-29-19-28-67(50-68)66-26-15-13-16-27-66)36-46-100(69-30-17-14-18-31-69)44-24-42-95-74(114)32-20-39-93-77(117)37-48-121-90-81(98-55(2)103)87(130-64(11)112)84(127-61(8)109)72(133-90)52-124-58(5)106/h13-19,26-31,50,70-73,80-91H,20-25,32-49,51-53H2,1-12H3,(H,92,116)(H,93,117)(H,94,118)(H,95,114)(H,96,115)(H,97,102)(H,98,103)(H,99,104)/t70?,71?,72?,73?,80?,81?,82?,83-,84-,85-,86+,87+,88+,89+,90+,91+/m0/s1. The SMILES string of the molecule is CC(=O)NC1[C@H](OCCCC(=O)NCCCC(=O)N(CCCNC(=O)CCCNC(=O)CCO[C@@H]2OC(COC(C)=O)[C@H](OC(C)=O)[C@H](OC(C)=O)C2NC(C)=O)C(CCN(CCCNC(=O)CCCNC(=O)CCO[C@@H]2OC(COC(C)=O)[C@H](OC(C)=O)[C@H](OC(C)=O)C2NC(C)=O)c2ccccc2)c2cccc(-c3ccccc3)c2)OC(COC(C)=O)[C@H](OC(C)=O)[C@@H]1OC(C)=O. The van der Waals surface area contributed by atoms with Gasteiger partial charge in [0.2, 0.25) is 53.2 Å². The summed E-state index contributed by atoms with van der Waals surface area (Å²) in [7, 11) is 0. The largest absolute Gasteiger partial charge is 0.463 e. The number of para-hydroxylation sites is 1. The van der Waals surface area contributed by atoms with Crippen LogP contribution in [0.25, 0.3) is 11.1 Å². The van der Waals surface area contributed by atoms with E-state index in [1.165, 1.54) is 20.8 Å². The molecule has 3 aliphatic rings. The molecule has 3 fully saturated rings. The summed E-state index contributed by atoms with van der Waals surface area (Å²) in [5.41, 5.74) is 3.43. The first-order valence-corrected chi connectivity index (χ1v) is 44.5. The number of anilines is 1. The van der Waals surface area contributed by atoms with Crippen LogP contribution in [0.2, 0.25) is 0 Å². The Kier molecular flexibility index (Phi) is 48.3. The van der Waals surface area contributed by atoms with Crippen molar-refractivity contribution in [3.05, 3.63) is 90.5 Å². The molecule has 0 spiro atoms. The highest BCUT2D eigenvalue weighted by atomic mass is 16.7. The van der Waals surface area contributed by atoms with Crippen LogP contribution in [0.1, 0.15) is 178 Å². The Hall–Kier alpha value is -12.3. The first kappa shape index (κ1) is 110. The number of nitrogens with zero attached hydrogens (tertiary/aromatic N) is 2. The lowest BCUT2D eigenvalue weighted by molar-refractivity contribution is -0.277. The third kappa shape index (κ3) is 40.6. The van der Waals surface area contributed by atoms with Gasteiger partial charge in [-0.15, -0.1) is 0 Å². The van der Waals surface area contributed by atoms with Crippen LogP contribution in [0.5, 0.6) is 0 Å². The lowest BCUT2D eigenvalue weighted by atomic mass is 9.95. The van der Waals surface area contributed by atoms with E-state index >= 15 is 4.79 Å². The molecule has 7 unspecified atom stereocenters. The lowest BCUT2D eigenvalue weighted by Crippen LogP contribution is -2.66. The van der Waals surface area contributed by atoms with Gasteiger partial charge in [0.15, 0.2) is 55.5 Å². The van der Waals surface area contributed by atoms with Gasteiger partial charge < -0.3 is 123 Å². The van der Waals surface area contributed by atoms with E-state index in [0.29, 0.717) is 25.9 Å². The molecule has 3 saturated heterocycles. The van der Waals surface area contributed by atoms with Crippen LogP contribution >= 0.6 is 0 Å². The van der Waals surface area contributed by atoms with Crippen LogP contribution in [-0.2, 0) is 157 Å². The summed E-state index contributed by atoms with van der Waals surface area (Å²) in [5, 5.41) is 22.1. The van der Waals surface area contributed by atoms with Gasteiger partial charge in [0.25, 0.3) is 0 Å². The Bertz CT molecular complexity index is 4390. The second-order valence-corrected chi connectivity index (χ2v) is 31.8. The Morgan fingerprint density at radius 3 is 1.03 bits per heavy atom. The summed E-state index contributed by atoms with van der Waals surface area (Å²) in [6, 6.07) is 22.7. The molecule has 6 rings (SSSR count). The Morgan fingerprint density at radius 1 is 0.328 bits per heavy atom. The van der Waals surface area contributed by atoms with E-state index in [1.807, 2.05) is 84.9 Å². The van der Waals surface area contributed by atoms with Gasteiger partial charge in [0.05, 0.1) is 38.7 Å². The van der Waals surface area contributed by atoms with Gasteiger partial charge in [-0.3, -0.25) is 86.3 Å². The number of carbonyl (C=O) groups is 18. The number of esters is 9. The van der Waals surface area contributed by atoms with E-state index in [1.54, 1.807) is 4.90 Å². The zero-order valence-electron chi connectivity index (χ0n) is 77.8. The maximum Gasteiger partial charge on any atom is 0.303 e. The fraction of sp³-hybridized carbons (Fsp3) is 0.604. The fourth-order valence-electron chi connectivity index (χ4n) is 15.0. The third-order valence-corrected chi connectivity index (χ3v) is 20.7. The Labute approximate surface area is 777 Å². The molecule has 0 radical (unpaired) electrons. The normalized spacial score (nSPS) is 21.3. The molecule has 9 amide bonds. The van der Waals surface area contributed by atoms with Crippen molar-refractivity contribution < 1.29 is 157 Å². The highest BCUT2D eigenvalue weighted by molar-refractivity contribution is 5.81. The summed E-state index contributed by atoms with van der Waals surface area (Å²) < 4.78 is 84.5. The van der Waals surface area contributed by atoms with Gasteiger partial charge in [-0.05, 0) is 79.8 Å². The summed E-state index contributed by atoms with van der Waals surface area (Å²) in [4.78, 5) is 233. The van der Waals surface area contributed by atoms with E-state index in [9.17, 15) is 81.5 Å². The van der Waals surface area contributed by atoms with Crippen molar-refractivity contribution in [1.82, 2.24) is 47.4 Å². The number of benzene rings is 3. The Balaban J connectivity index is 1.12. The van der Waals surface area contributed by atoms with Gasteiger partial charge in [-0.1, -0.05) is 66.7 Å². The second kappa shape index (κ2) is 58.6. The van der Waals surface area contributed by atoms with Gasteiger partial charge in [0, 0.05) is 167 Å². The Morgan fingerprint density at radius 2 is 0.657 bits per heavy atom. The molecule has 43 nitrogen and oxygen atoms in total. The average molecular weight is 1890 g/mol. The van der Waals surface area contributed by atoms with Gasteiger partial charge >= 0.3 is 53.7 Å². The van der Waals surface area contributed by atoms with E-state index in [4.69, 9.17) is 71.1 Å². The topological polar surface area (TPSA) is 548 Å². The molecular weight excluding hydrogens is 1760 g/mol. The number of ether oxygens (including phenoxy) is 15. The van der Waals surface area contributed by atoms with Gasteiger partial charge in [-0.25, -0.2) is 0 Å². The van der Waals surface area contributed by atoms with Crippen LogP contribution in [0.3, 0.4) is 0 Å². The van der Waals surface area contributed by atoms with Crippen molar-refractivity contribution in [1.29, 1.82) is 0 Å².